The summed E-state index contributed by atoms with van der Waals surface area (Å²) < 4.78 is 2.13. The highest BCUT2D eigenvalue weighted by atomic mass is 35.5. The molecular weight excluding hydrogens is 340 g/mol. The molecule has 3 heterocycles. The van der Waals surface area contributed by atoms with Crippen molar-refractivity contribution in [3.8, 4) is 16.6 Å². The van der Waals surface area contributed by atoms with Crippen molar-refractivity contribution < 1.29 is 0 Å². The second-order valence-electron chi connectivity index (χ2n) is 6.24. The van der Waals surface area contributed by atoms with Gasteiger partial charge in [0.15, 0.2) is 11.0 Å². The number of H-pyrrole nitrogens is 1. The summed E-state index contributed by atoms with van der Waals surface area (Å²) in [4.78, 5) is 12.1. The van der Waals surface area contributed by atoms with Gasteiger partial charge >= 0.3 is 0 Å². The van der Waals surface area contributed by atoms with E-state index in [-0.39, 0.29) is 0 Å². The van der Waals surface area contributed by atoms with Gasteiger partial charge in [-0.1, -0.05) is 31.5 Å². The summed E-state index contributed by atoms with van der Waals surface area (Å²) in [5, 5.41) is 4.92. The number of hydrogen-bond acceptors (Lipinski definition) is 3. The molecule has 0 spiro atoms. The maximum Gasteiger partial charge on any atom is 0.194 e. The Morgan fingerprint density at radius 1 is 1.33 bits per heavy atom. The summed E-state index contributed by atoms with van der Waals surface area (Å²) in [7, 11) is 0. The van der Waals surface area contributed by atoms with E-state index in [2.05, 4.69) is 40.6 Å². The lowest BCUT2D eigenvalue weighted by atomic mass is 10.0. The number of aromatic amines is 1. The smallest absolute Gasteiger partial charge is 0.194 e. The third-order valence-electron chi connectivity index (χ3n) is 3.92. The fourth-order valence-corrected chi connectivity index (χ4v) is 3.88. The van der Waals surface area contributed by atoms with Gasteiger partial charge in [0.1, 0.15) is 5.69 Å². The maximum absolute atomic E-state index is 6.23. The first-order valence-corrected chi connectivity index (χ1v) is 9.12. The van der Waals surface area contributed by atoms with Crippen molar-refractivity contribution in [2.75, 3.05) is 0 Å². The molecule has 0 fully saturated rings. The van der Waals surface area contributed by atoms with Gasteiger partial charge in [0.2, 0.25) is 0 Å². The highest BCUT2D eigenvalue weighted by molar-refractivity contribution is 7.12. The Hall–Kier alpha value is -2.11. The van der Waals surface area contributed by atoms with Crippen molar-refractivity contribution in [2.24, 2.45) is 5.92 Å². The molecular formula is C18H17ClN4S. The molecule has 0 saturated heterocycles. The van der Waals surface area contributed by atoms with E-state index in [1.54, 1.807) is 23.7 Å². The minimum atomic E-state index is 0.592. The number of aromatic nitrogens is 4. The van der Waals surface area contributed by atoms with Gasteiger partial charge in [0.05, 0.1) is 5.52 Å². The molecule has 24 heavy (non-hydrogen) atoms. The second kappa shape index (κ2) is 6.07. The highest BCUT2D eigenvalue weighted by Gasteiger charge is 2.15. The van der Waals surface area contributed by atoms with E-state index in [1.165, 1.54) is 10.9 Å². The summed E-state index contributed by atoms with van der Waals surface area (Å²) in [6, 6.07) is 6.07. The van der Waals surface area contributed by atoms with Gasteiger partial charge in [-0.05, 0) is 30.0 Å². The third-order valence-corrected chi connectivity index (χ3v) is 4.99. The van der Waals surface area contributed by atoms with Gasteiger partial charge in [-0.3, -0.25) is 4.57 Å². The molecule has 0 saturated carbocycles. The minimum Gasteiger partial charge on any atom is -0.343 e. The van der Waals surface area contributed by atoms with Crippen molar-refractivity contribution in [1.82, 2.24) is 19.5 Å². The largest absolute Gasteiger partial charge is 0.343 e. The highest BCUT2D eigenvalue weighted by Crippen LogP contribution is 2.31. The number of fused-ring (bicyclic) bond motifs is 1. The molecule has 0 bridgehead atoms. The fourth-order valence-electron chi connectivity index (χ4n) is 2.92. The first-order valence-electron chi connectivity index (χ1n) is 7.87. The van der Waals surface area contributed by atoms with Crippen molar-refractivity contribution >= 4 is 33.8 Å². The van der Waals surface area contributed by atoms with Gasteiger partial charge in [-0.25, -0.2) is 9.97 Å². The van der Waals surface area contributed by atoms with Crippen LogP contribution in [0.5, 0.6) is 0 Å². The van der Waals surface area contributed by atoms with Gasteiger partial charge in [-0.15, -0.1) is 11.3 Å². The molecule has 6 heteroatoms. The topological polar surface area (TPSA) is 46.5 Å². The molecule has 0 radical (unpaired) electrons. The van der Waals surface area contributed by atoms with Crippen LogP contribution in [0.15, 0.2) is 42.2 Å². The SMILES string of the molecule is CC(C)Cc1cn(-c2nc(-c3ncc[nH]3)cs2)c2cc(Cl)ccc12. The summed E-state index contributed by atoms with van der Waals surface area (Å²) in [6.45, 7) is 4.47. The number of hydrogen-bond donors (Lipinski definition) is 1. The van der Waals surface area contributed by atoms with Crippen molar-refractivity contribution in [1.29, 1.82) is 0 Å². The Bertz CT molecular complexity index is 982. The number of nitrogens with one attached hydrogen (secondary N) is 1. The van der Waals surface area contributed by atoms with Crippen LogP contribution in [0, 0.1) is 5.92 Å². The van der Waals surface area contributed by atoms with Crippen LogP contribution in [0.2, 0.25) is 5.02 Å². The van der Waals surface area contributed by atoms with Crippen molar-refractivity contribution in [3.05, 3.63) is 52.8 Å². The summed E-state index contributed by atoms with van der Waals surface area (Å²) in [6.07, 6.45) is 6.76. The monoisotopic (exact) mass is 356 g/mol. The zero-order valence-corrected chi connectivity index (χ0v) is 15.0. The van der Waals surface area contributed by atoms with Crippen LogP contribution in [-0.4, -0.2) is 19.5 Å². The van der Waals surface area contributed by atoms with Crippen LogP contribution in [0.25, 0.3) is 27.6 Å². The average molecular weight is 357 g/mol. The van der Waals surface area contributed by atoms with Crippen LogP contribution >= 0.6 is 22.9 Å². The number of rotatable bonds is 4. The van der Waals surface area contributed by atoms with Crippen LogP contribution in [0.1, 0.15) is 19.4 Å². The Morgan fingerprint density at radius 3 is 2.96 bits per heavy atom. The molecule has 1 aromatic carbocycles. The van der Waals surface area contributed by atoms with E-state index >= 15 is 0 Å². The Morgan fingerprint density at radius 2 is 2.21 bits per heavy atom. The predicted octanol–water partition coefficient (Wildman–Crippen LogP) is 5.33. The summed E-state index contributed by atoms with van der Waals surface area (Å²) in [5.41, 5.74) is 3.28. The van der Waals surface area contributed by atoms with E-state index in [1.807, 2.05) is 17.5 Å². The summed E-state index contributed by atoms with van der Waals surface area (Å²) in [5.74, 6) is 1.38. The average Bonchev–Trinajstić information content (AvgIpc) is 3.25. The standard InChI is InChI=1S/C18H17ClN4S/c1-11(2)7-12-9-23(16-8-13(19)3-4-14(12)16)18-22-15(10-24-18)17-20-5-6-21-17/h3-6,8-11H,7H2,1-2H3,(H,20,21). The molecule has 0 unspecified atom stereocenters. The number of nitrogens with zero attached hydrogens (tertiary/aromatic N) is 3. The van der Waals surface area contributed by atoms with Crippen LogP contribution in [-0.2, 0) is 6.42 Å². The molecule has 122 valence electrons. The molecule has 0 aliphatic carbocycles. The van der Waals surface area contributed by atoms with E-state index < -0.39 is 0 Å². The lowest BCUT2D eigenvalue weighted by Gasteiger charge is -2.02. The van der Waals surface area contributed by atoms with Crippen LogP contribution in [0.3, 0.4) is 0 Å². The normalized spacial score (nSPS) is 11.7. The van der Waals surface area contributed by atoms with E-state index in [0.29, 0.717) is 5.92 Å². The number of thiazole rings is 1. The Kier molecular flexibility index (Phi) is 3.90. The first-order chi connectivity index (χ1) is 11.6. The zero-order valence-electron chi connectivity index (χ0n) is 13.5. The molecule has 0 aliphatic heterocycles. The van der Waals surface area contributed by atoms with Gasteiger partial charge in [0, 0.05) is 34.4 Å². The molecule has 0 amide bonds. The lowest BCUT2D eigenvalue weighted by molar-refractivity contribution is 0.649. The molecule has 0 aliphatic rings. The number of benzene rings is 1. The molecule has 1 N–H and O–H groups in total. The van der Waals surface area contributed by atoms with E-state index in [4.69, 9.17) is 16.6 Å². The van der Waals surface area contributed by atoms with E-state index in [9.17, 15) is 0 Å². The lowest BCUT2D eigenvalue weighted by Crippen LogP contribution is -1.93. The van der Waals surface area contributed by atoms with E-state index in [0.717, 1.165) is 33.6 Å². The molecule has 4 nitrogen and oxygen atoms in total. The van der Waals surface area contributed by atoms with Crippen molar-refractivity contribution in [3.63, 3.8) is 0 Å². The quantitative estimate of drug-likeness (QED) is 0.537. The minimum absolute atomic E-state index is 0.592. The zero-order chi connectivity index (χ0) is 16.7. The predicted molar refractivity (Wildman–Crippen MR) is 100 cm³/mol. The van der Waals surface area contributed by atoms with Gasteiger partial charge in [0.25, 0.3) is 0 Å². The summed E-state index contributed by atoms with van der Waals surface area (Å²) >= 11 is 7.84. The Labute approximate surface area is 149 Å². The molecule has 4 rings (SSSR count). The van der Waals surface area contributed by atoms with Gasteiger partial charge in [-0.2, -0.15) is 0 Å². The number of halogens is 1. The fraction of sp³-hybridized carbons (Fsp3) is 0.222. The van der Waals surface area contributed by atoms with Crippen LogP contribution < -0.4 is 0 Å². The molecule has 0 atom stereocenters. The first kappa shape index (κ1) is 15.4. The van der Waals surface area contributed by atoms with Gasteiger partial charge < -0.3 is 4.98 Å². The molecule has 4 aromatic rings. The Balaban J connectivity index is 1.85. The third kappa shape index (κ3) is 2.74. The second-order valence-corrected chi connectivity index (χ2v) is 7.51. The maximum atomic E-state index is 6.23. The number of imidazole rings is 1. The van der Waals surface area contributed by atoms with Crippen LogP contribution in [0.4, 0.5) is 0 Å². The molecule has 3 aromatic heterocycles. The van der Waals surface area contributed by atoms with Crippen molar-refractivity contribution in [2.45, 2.75) is 20.3 Å².